The molecule has 0 fully saturated rings. The number of non-ortho nitro benzene ring substituents is 1. The van der Waals surface area contributed by atoms with E-state index in [0.717, 1.165) is 36.1 Å². The number of aromatic hydroxyl groups is 1. The van der Waals surface area contributed by atoms with Crippen molar-refractivity contribution in [3.8, 4) is 11.5 Å². The Kier molecular flexibility index (Phi) is 9.47. The van der Waals surface area contributed by atoms with Crippen LogP contribution in [0.1, 0.15) is 45.4 Å². The maximum absolute atomic E-state index is 13.5. The molecule has 0 amide bonds. The summed E-state index contributed by atoms with van der Waals surface area (Å²) in [6.45, 7) is 2.90. The number of hydrazine groups is 1. The predicted octanol–water partition coefficient (Wildman–Crippen LogP) is 5.55. The molecule has 0 radical (unpaired) electrons. The topological polar surface area (TPSA) is 160 Å². The molecular formula is C34H32N4O7. The summed E-state index contributed by atoms with van der Waals surface area (Å²) in [7, 11) is 0. The quantitative estimate of drug-likeness (QED) is 0.0885. The number of benzene rings is 3. The zero-order valence-corrected chi connectivity index (χ0v) is 24.7. The first-order valence-electron chi connectivity index (χ1n) is 14.8. The fourth-order valence-corrected chi connectivity index (χ4v) is 5.17. The van der Waals surface area contributed by atoms with Gasteiger partial charge in [-0.25, -0.2) is 4.99 Å². The summed E-state index contributed by atoms with van der Waals surface area (Å²) in [5.74, 6) is 0.212. The Bertz CT molecular complexity index is 2120. The van der Waals surface area contributed by atoms with E-state index in [0.29, 0.717) is 18.0 Å². The lowest BCUT2D eigenvalue weighted by Crippen LogP contribution is -2.28. The number of hydrogen-bond donors (Lipinski definition) is 3. The summed E-state index contributed by atoms with van der Waals surface area (Å²) in [5.41, 5.74) is 4.83. The van der Waals surface area contributed by atoms with Crippen LogP contribution in [-0.2, 0) is 0 Å². The average molecular weight is 609 g/mol. The Balaban J connectivity index is 1.33. The highest BCUT2D eigenvalue weighted by Gasteiger charge is 2.23. The lowest BCUT2D eigenvalue weighted by atomic mass is 10.0. The number of ether oxygens (including phenoxy) is 1. The van der Waals surface area contributed by atoms with E-state index in [4.69, 9.17) is 4.74 Å². The van der Waals surface area contributed by atoms with Gasteiger partial charge in [0.05, 0.1) is 49.8 Å². The van der Waals surface area contributed by atoms with Crippen LogP contribution in [0.25, 0.3) is 10.8 Å². The van der Waals surface area contributed by atoms with Gasteiger partial charge in [0.2, 0.25) is 10.9 Å². The fraction of sp³-hybridized carbons (Fsp3) is 0.235. The van der Waals surface area contributed by atoms with Crippen LogP contribution in [0.2, 0.25) is 0 Å². The van der Waals surface area contributed by atoms with Crippen LogP contribution in [-0.4, -0.2) is 16.6 Å². The number of unbranched alkanes of at least 4 members (excludes halogenated alkanes) is 5. The summed E-state index contributed by atoms with van der Waals surface area (Å²) in [5, 5.41) is 20.0. The summed E-state index contributed by atoms with van der Waals surface area (Å²) < 4.78 is 5.83. The maximum atomic E-state index is 13.5. The van der Waals surface area contributed by atoms with Crippen LogP contribution in [0, 0.1) is 20.6 Å². The highest BCUT2D eigenvalue weighted by molar-refractivity contribution is 5.95. The standard InChI is InChI=1S/C34H32N4O7/c1-2-3-4-5-6-7-20-45-24-14-12-23(13-15-24)37-36-22-10-8-21(9-11-22)35-25-16-18-27(39)31-29(25)33(41)32-28(40)19-17-26(38(43)44)30(32)34(31)42/h8-19,36-37,40H,2-7,20H2,1H3. The molecule has 11 heteroatoms. The van der Waals surface area contributed by atoms with E-state index in [1.807, 2.05) is 24.3 Å². The Morgan fingerprint density at radius 2 is 1.38 bits per heavy atom. The minimum atomic E-state index is -1.01. The average Bonchev–Trinajstić information content (AvgIpc) is 3.04. The van der Waals surface area contributed by atoms with Crippen molar-refractivity contribution in [2.45, 2.75) is 45.4 Å². The molecule has 2 aliphatic rings. The van der Waals surface area contributed by atoms with Crippen LogP contribution in [0.5, 0.6) is 11.5 Å². The lowest BCUT2D eigenvalue weighted by Gasteiger charge is -2.11. The van der Waals surface area contributed by atoms with E-state index >= 15 is 0 Å². The van der Waals surface area contributed by atoms with Crippen molar-refractivity contribution in [2.75, 3.05) is 17.5 Å². The first kappa shape index (κ1) is 30.9. The first-order chi connectivity index (χ1) is 21.8. The molecular weight excluding hydrogens is 576 g/mol. The van der Waals surface area contributed by atoms with Gasteiger partial charge in [0.1, 0.15) is 16.9 Å². The monoisotopic (exact) mass is 608 g/mol. The van der Waals surface area contributed by atoms with Gasteiger partial charge >= 0.3 is 0 Å². The number of anilines is 2. The number of phenols is 1. The zero-order valence-electron chi connectivity index (χ0n) is 24.7. The van der Waals surface area contributed by atoms with E-state index in [1.54, 1.807) is 24.3 Å². The maximum Gasteiger partial charge on any atom is 0.281 e. The van der Waals surface area contributed by atoms with Gasteiger partial charge in [-0.2, -0.15) is 0 Å². The van der Waals surface area contributed by atoms with Crippen LogP contribution >= 0.6 is 0 Å². The molecule has 0 heterocycles. The van der Waals surface area contributed by atoms with Gasteiger partial charge in [-0.1, -0.05) is 39.0 Å². The van der Waals surface area contributed by atoms with E-state index in [9.17, 15) is 29.6 Å². The molecule has 2 aliphatic carbocycles. The van der Waals surface area contributed by atoms with E-state index in [1.165, 1.54) is 38.2 Å². The van der Waals surface area contributed by atoms with Crippen molar-refractivity contribution in [2.24, 2.45) is 4.99 Å². The van der Waals surface area contributed by atoms with Crippen LogP contribution in [0.15, 0.2) is 92.2 Å². The minimum absolute atomic E-state index is 0.0251. The second-order valence-electron chi connectivity index (χ2n) is 10.7. The Morgan fingerprint density at radius 3 is 2.04 bits per heavy atom. The summed E-state index contributed by atoms with van der Waals surface area (Å²) >= 11 is 0. The van der Waals surface area contributed by atoms with E-state index in [2.05, 4.69) is 22.8 Å². The molecule has 45 heavy (non-hydrogen) atoms. The first-order valence-corrected chi connectivity index (χ1v) is 14.8. The molecule has 0 aromatic heterocycles. The van der Waals surface area contributed by atoms with Crippen molar-refractivity contribution in [1.82, 2.24) is 0 Å². The number of nitro benzene ring substituents is 1. The highest BCUT2D eigenvalue weighted by Crippen LogP contribution is 2.27. The number of rotatable bonds is 13. The molecule has 3 aromatic carbocycles. The lowest BCUT2D eigenvalue weighted by molar-refractivity contribution is -0.383. The molecule has 0 spiro atoms. The Hall–Kier alpha value is -5.58. The molecule has 3 aromatic rings. The van der Waals surface area contributed by atoms with Gasteiger partial charge in [0.25, 0.3) is 5.69 Å². The third-order valence-corrected chi connectivity index (χ3v) is 7.50. The van der Waals surface area contributed by atoms with Gasteiger partial charge in [-0.3, -0.25) is 24.5 Å². The van der Waals surface area contributed by atoms with Gasteiger partial charge in [0, 0.05) is 6.07 Å². The van der Waals surface area contributed by atoms with Crippen molar-refractivity contribution < 1.29 is 14.8 Å². The zero-order chi connectivity index (χ0) is 31.9. The third kappa shape index (κ3) is 6.82. The SMILES string of the molecule is CCCCCCCCOc1ccc(NNc2ccc(N=c3ccc(=O)c4c(=O)c5c([N+](=O)[O-])ccc(O)c5c(=O)c3=4)cc2)cc1. The van der Waals surface area contributed by atoms with Crippen LogP contribution in [0.4, 0.5) is 22.7 Å². The van der Waals surface area contributed by atoms with Gasteiger partial charge in [-0.15, -0.1) is 0 Å². The minimum Gasteiger partial charge on any atom is -0.507 e. The van der Waals surface area contributed by atoms with Gasteiger partial charge < -0.3 is 20.7 Å². The number of phenolic OH excluding ortho intramolecular Hbond substituents is 1. The molecule has 3 N–H and O–H groups in total. The second-order valence-corrected chi connectivity index (χ2v) is 10.7. The molecule has 5 rings (SSSR count). The third-order valence-electron chi connectivity index (χ3n) is 7.50. The number of fused-ring (bicyclic) bond motifs is 1. The Labute approximate surface area is 257 Å². The molecule has 11 nitrogen and oxygen atoms in total. The number of nitrogens with zero attached hydrogens (tertiary/aromatic N) is 2. The number of hydrogen-bond acceptors (Lipinski definition) is 10. The largest absolute Gasteiger partial charge is 0.507 e. The summed E-state index contributed by atoms with van der Waals surface area (Å²) in [6, 6.07) is 18.7. The Morgan fingerprint density at radius 1 is 0.756 bits per heavy atom. The molecule has 0 saturated heterocycles. The molecule has 0 aliphatic heterocycles. The predicted molar refractivity (Wildman–Crippen MR) is 173 cm³/mol. The molecule has 0 atom stereocenters. The molecule has 0 bridgehead atoms. The fourth-order valence-electron chi connectivity index (χ4n) is 5.17. The smallest absolute Gasteiger partial charge is 0.281 e. The number of nitro groups is 1. The van der Waals surface area contributed by atoms with Gasteiger partial charge in [0.15, 0.2) is 5.43 Å². The van der Waals surface area contributed by atoms with Crippen molar-refractivity contribution >= 4 is 33.5 Å². The molecule has 230 valence electrons. The number of nitrogens with one attached hydrogen (secondary N) is 2. The van der Waals surface area contributed by atoms with Crippen molar-refractivity contribution in [1.29, 1.82) is 0 Å². The normalized spacial score (nSPS) is 11.6. The second kappa shape index (κ2) is 13.8. The summed E-state index contributed by atoms with van der Waals surface area (Å²) in [4.78, 5) is 54.6. The summed E-state index contributed by atoms with van der Waals surface area (Å²) in [6.07, 6.45) is 7.26. The van der Waals surface area contributed by atoms with Gasteiger partial charge in [-0.05, 0) is 73.2 Å². The van der Waals surface area contributed by atoms with Crippen LogP contribution in [0.3, 0.4) is 0 Å². The highest BCUT2D eigenvalue weighted by atomic mass is 16.6. The van der Waals surface area contributed by atoms with Crippen LogP contribution < -0.4 is 37.2 Å². The molecule has 0 saturated carbocycles. The van der Waals surface area contributed by atoms with Crippen molar-refractivity contribution in [3.05, 3.63) is 129 Å². The van der Waals surface area contributed by atoms with Crippen molar-refractivity contribution in [3.63, 3.8) is 0 Å². The molecule has 0 unspecified atom stereocenters. The van der Waals surface area contributed by atoms with E-state index < -0.39 is 48.6 Å². The van der Waals surface area contributed by atoms with E-state index in [-0.39, 0.29) is 10.6 Å².